The highest BCUT2D eigenvalue weighted by Crippen LogP contribution is 2.32. The number of aromatic nitrogens is 4. The van der Waals surface area contributed by atoms with Crippen LogP contribution in [0.5, 0.6) is 0 Å². The summed E-state index contributed by atoms with van der Waals surface area (Å²) in [4.78, 5) is 36.3. The molecule has 2 amide bonds. The van der Waals surface area contributed by atoms with Crippen molar-refractivity contribution in [3.8, 4) is 0 Å². The van der Waals surface area contributed by atoms with Crippen LogP contribution < -0.4 is 0 Å². The zero-order chi connectivity index (χ0) is 18.5. The van der Waals surface area contributed by atoms with E-state index in [2.05, 4.69) is 15.1 Å². The Kier molecular flexibility index (Phi) is 3.82. The fourth-order valence-corrected chi connectivity index (χ4v) is 3.97. The van der Waals surface area contributed by atoms with Crippen LogP contribution in [0.3, 0.4) is 0 Å². The molecule has 2 aliphatic heterocycles. The van der Waals surface area contributed by atoms with Crippen molar-refractivity contribution in [1.29, 1.82) is 0 Å². The molecule has 4 heterocycles. The van der Waals surface area contributed by atoms with E-state index >= 15 is 0 Å². The van der Waals surface area contributed by atoms with Gasteiger partial charge in [0.15, 0.2) is 5.60 Å². The monoisotopic (exact) mass is 358 g/mol. The fraction of sp³-hybridized carbons (Fsp3) is 0.588. The summed E-state index contributed by atoms with van der Waals surface area (Å²) in [5, 5.41) is 4.18. The van der Waals surface area contributed by atoms with Crippen LogP contribution in [0.25, 0.3) is 5.78 Å². The number of likely N-dealkylation sites (N-methyl/N-ethyl adjacent to an activating group) is 1. The first-order valence-electron chi connectivity index (χ1n) is 8.76. The van der Waals surface area contributed by atoms with E-state index in [4.69, 9.17) is 4.74 Å². The minimum absolute atomic E-state index is 0.0740. The normalized spacial score (nSPS) is 22.7. The Balaban J connectivity index is 1.43. The number of nitrogens with zero attached hydrogens (tertiary/aromatic N) is 6. The highest BCUT2D eigenvalue weighted by atomic mass is 16.6. The highest BCUT2D eigenvalue weighted by Gasteiger charge is 2.49. The SMILES string of the molecule is Cc1nc2ncnn2c(C)c1CCC(=O)N1CCC2(CN(C)C(=O)O2)C1. The summed E-state index contributed by atoms with van der Waals surface area (Å²) in [6.07, 6.45) is 2.86. The van der Waals surface area contributed by atoms with Gasteiger partial charge in [-0.05, 0) is 25.8 Å². The second kappa shape index (κ2) is 5.93. The second-order valence-electron chi connectivity index (χ2n) is 7.21. The van der Waals surface area contributed by atoms with Crippen molar-refractivity contribution in [3.05, 3.63) is 23.3 Å². The van der Waals surface area contributed by atoms with Crippen LogP contribution in [0.2, 0.25) is 0 Å². The lowest BCUT2D eigenvalue weighted by Crippen LogP contribution is -2.39. The van der Waals surface area contributed by atoms with E-state index in [0.717, 1.165) is 17.0 Å². The summed E-state index contributed by atoms with van der Waals surface area (Å²) in [6, 6.07) is 0. The molecule has 2 aliphatic rings. The number of ether oxygens (including phenoxy) is 1. The molecule has 0 bridgehead atoms. The van der Waals surface area contributed by atoms with E-state index in [1.165, 1.54) is 6.33 Å². The van der Waals surface area contributed by atoms with Gasteiger partial charge in [0.25, 0.3) is 5.78 Å². The zero-order valence-corrected chi connectivity index (χ0v) is 15.2. The molecule has 0 saturated carbocycles. The van der Waals surface area contributed by atoms with Crippen LogP contribution in [0.15, 0.2) is 6.33 Å². The van der Waals surface area contributed by atoms with Gasteiger partial charge < -0.3 is 14.5 Å². The minimum Gasteiger partial charge on any atom is -0.439 e. The van der Waals surface area contributed by atoms with Gasteiger partial charge in [-0.1, -0.05) is 0 Å². The van der Waals surface area contributed by atoms with Gasteiger partial charge in [0.05, 0.1) is 13.1 Å². The van der Waals surface area contributed by atoms with Crippen molar-refractivity contribution in [3.63, 3.8) is 0 Å². The smallest absolute Gasteiger partial charge is 0.410 e. The van der Waals surface area contributed by atoms with Crippen LogP contribution in [-0.4, -0.2) is 73.7 Å². The quantitative estimate of drug-likeness (QED) is 0.803. The lowest BCUT2D eigenvalue weighted by molar-refractivity contribution is -0.130. The first kappa shape index (κ1) is 16.7. The van der Waals surface area contributed by atoms with Crippen molar-refractivity contribution in [1.82, 2.24) is 29.4 Å². The van der Waals surface area contributed by atoms with Crippen molar-refractivity contribution in [2.24, 2.45) is 0 Å². The van der Waals surface area contributed by atoms with E-state index < -0.39 is 5.60 Å². The molecule has 0 N–H and O–H groups in total. The number of hydrogen-bond acceptors (Lipinski definition) is 6. The summed E-state index contributed by atoms with van der Waals surface area (Å²) < 4.78 is 7.21. The third-order valence-corrected chi connectivity index (χ3v) is 5.39. The number of carbonyl (C=O) groups excluding carboxylic acids is 2. The van der Waals surface area contributed by atoms with Gasteiger partial charge in [0, 0.05) is 37.8 Å². The largest absolute Gasteiger partial charge is 0.439 e. The van der Waals surface area contributed by atoms with E-state index in [9.17, 15) is 9.59 Å². The molecule has 0 aromatic carbocycles. The average Bonchev–Trinajstić information content (AvgIpc) is 3.27. The Morgan fingerprint density at radius 1 is 1.35 bits per heavy atom. The van der Waals surface area contributed by atoms with Gasteiger partial charge in [0.2, 0.25) is 5.91 Å². The molecule has 1 spiro atoms. The molecule has 138 valence electrons. The molecule has 2 aromatic heterocycles. The van der Waals surface area contributed by atoms with Crippen LogP contribution in [0, 0.1) is 13.8 Å². The fourth-order valence-electron chi connectivity index (χ4n) is 3.97. The van der Waals surface area contributed by atoms with Crippen LogP contribution in [-0.2, 0) is 16.0 Å². The predicted octanol–water partition coefficient (Wildman–Crippen LogP) is 0.727. The van der Waals surface area contributed by atoms with Crippen LogP contribution in [0.4, 0.5) is 4.79 Å². The molecule has 0 radical (unpaired) electrons. The van der Waals surface area contributed by atoms with Crippen molar-refractivity contribution < 1.29 is 14.3 Å². The molecule has 4 rings (SSSR count). The molecule has 26 heavy (non-hydrogen) atoms. The lowest BCUT2D eigenvalue weighted by atomic mass is 10.0. The summed E-state index contributed by atoms with van der Waals surface area (Å²) >= 11 is 0. The van der Waals surface area contributed by atoms with Gasteiger partial charge >= 0.3 is 6.09 Å². The van der Waals surface area contributed by atoms with E-state index in [0.29, 0.717) is 44.7 Å². The Morgan fingerprint density at radius 3 is 2.88 bits per heavy atom. The zero-order valence-electron chi connectivity index (χ0n) is 15.2. The topological polar surface area (TPSA) is 92.9 Å². The Morgan fingerprint density at radius 2 is 2.15 bits per heavy atom. The molecular weight excluding hydrogens is 336 g/mol. The van der Waals surface area contributed by atoms with E-state index in [1.807, 2.05) is 13.8 Å². The van der Waals surface area contributed by atoms with Crippen molar-refractivity contribution in [2.75, 3.05) is 26.7 Å². The summed E-state index contributed by atoms with van der Waals surface area (Å²) in [6.45, 7) is 5.54. The third-order valence-electron chi connectivity index (χ3n) is 5.39. The Labute approximate surface area is 151 Å². The summed E-state index contributed by atoms with van der Waals surface area (Å²) in [5.74, 6) is 0.647. The molecular formula is C17H22N6O3. The molecule has 9 heteroatoms. The van der Waals surface area contributed by atoms with Gasteiger partial charge in [-0.15, -0.1) is 0 Å². The number of rotatable bonds is 3. The Bertz CT molecular complexity index is 894. The average molecular weight is 358 g/mol. The minimum atomic E-state index is -0.533. The molecule has 2 saturated heterocycles. The van der Waals surface area contributed by atoms with Gasteiger partial charge in [-0.25, -0.2) is 14.3 Å². The second-order valence-corrected chi connectivity index (χ2v) is 7.21. The first-order valence-corrected chi connectivity index (χ1v) is 8.76. The van der Waals surface area contributed by atoms with Gasteiger partial charge in [0.1, 0.15) is 6.33 Å². The molecule has 0 aliphatic carbocycles. The number of carbonyl (C=O) groups is 2. The number of amides is 2. The van der Waals surface area contributed by atoms with E-state index in [1.54, 1.807) is 21.4 Å². The predicted molar refractivity (Wildman–Crippen MR) is 91.6 cm³/mol. The molecule has 2 aromatic rings. The Hall–Kier alpha value is -2.71. The van der Waals surface area contributed by atoms with Crippen LogP contribution >= 0.6 is 0 Å². The number of likely N-dealkylation sites (tertiary alicyclic amines) is 1. The van der Waals surface area contributed by atoms with Gasteiger partial charge in [-0.2, -0.15) is 10.1 Å². The maximum Gasteiger partial charge on any atom is 0.410 e. The third kappa shape index (κ3) is 2.67. The van der Waals surface area contributed by atoms with Crippen LogP contribution in [0.1, 0.15) is 29.8 Å². The summed E-state index contributed by atoms with van der Waals surface area (Å²) in [5.41, 5.74) is 2.33. The number of aryl methyl sites for hydroxylation is 2. The number of hydrogen-bond donors (Lipinski definition) is 0. The standard InChI is InChI=1S/C17H22N6O3/c1-11-13(12(2)23-15(20-11)18-10-19-23)4-5-14(24)22-7-6-17(9-22)8-21(3)16(25)26-17/h10H,4-9H2,1-3H3. The number of fused-ring (bicyclic) bond motifs is 1. The molecule has 1 unspecified atom stereocenters. The molecule has 9 nitrogen and oxygen atoms in total. The van der Waals surface area contributed by atoms with E-state index in [-0.39, 0.29) is 12.0 Å². The molecule has 1 atom stereocenters. The highest BCUT2D eigenvalue weighted by molar-refractivity contribution is 5.77. The summed E-state index contributed by atoms with van der Waals surface area (Å²) in [7, 11) is 1.72. The lowest BCUT2D eigenvalue weighted by Gasteiger charge is -2.22. The van der Waals surface area contributed by atoms with Crippen molar-refractivity contribution >= 4 is 17.8 Å². The van der Waals surface area contributed by atoms with Gasteiger partial charge in [-0.3, -0.25) is 4.79 Å². The molecule has 2 fully saturated rings. The van der Waals surface area contributed by atoms with Crippen molar-refractivity contribution in [2.45, 2.75) is 38.7 Å². The first-order chi connectivity index (χ1) is 12.4. The maximum absolute atomic E-state index is 12.7. The maximum atomic E-state index is 12.7.